The number of aliphatic hydroxyl groups is 1. The molecule has 2 nitrogen and oxygen atoms in total. The van der Waals surface area contributed by atoms with Gasteiger partial charge in [0.2, 0.25) is 0 Å². The Morgan fingerprint density at radius 3 is 2.23 bits per heavy atom. The molecule has 0 bridgehead atoms. The fourth-order valence-corrected chi connectivity index (χ4v) is 1.37. The Bertz CT molecular complexity index is 102. The molecule has 0 aromatic carbocycles. The second kappa shape index (κ2) is 8.52. The lowest BCUT2D eigenvalue weighted by molar-refractivity contribution is 0.125. The van der Waals surface area contributed by atoms with E-state index in [4.69, 9.17) is 4.74 Å². The average Bonchev–Trinajstić information content (AvgIpc) is 2.04. The summed E-state index contributed by atoms with van der Waals surface area (Å²) in [6.45, 7) is 5.20. The van der Waals surface area contributed by atoms with E-state index in [9.17, 15) is 5.11 Å². The molecule has 1 N–H and O–H groups in total. The van der Waals surface area contributed by atoms with Crippen molar-refractivity contribution in [1.82, 2.24) is 0 Å². The molecule has 1 unspecified atom stereocenters. The maximum atomic E-state index is 9.53. The van der Waals surface area contributed by atoms with E-state index >= 15 is 0 Å². The number of ether oxygens (including phenoxy) is 1. The molecule has 0 heterocycles. The minimum Gasteiger partial charge on any atom is -0.393 e. The minimum absolute atomic E-state index is 0.117. The predicted octanol–water partition coefficient (Wildman–Crippen LogP) is 2.60. The van der Waals surface area contributed by atoms with Crippen LogP contribution in [0.2, 0.25) is 0 Å². The molecule has 13 heavy (non-hydrogen) atoms. The summed E-state index contributed by atoms with van der Waals surface area (Å²) in [7, 11) is 1.70. The zero-order valence-electron chi connectivity index (χ0n) is 9.25. The van der Waals surface area contributed by atoms with Gasteiger partial charge in [0.25, 0.3) is 0 Å². The van der Waals surface area contributed by atoms with Crippen molar-refractivity contribution < 1.29 is 9.84 Å². The standard InChI is InChI=1S/C11H24O2/c1-10(2)6-4-7-11(12)8-5-9-13-3/h10-12H,4-9H2,1-3H3. The number of hydrogen-bond acceptors (Lipinski definition) is 2. The molecule has 0 aliphatic carbocycles. The highest BCUT2D eigenvalue weighted by Crippen LogP contribution is 2.11. The Morgan fingerprint density at radius 2 is 1.69 bits per heavy atom. The second-order valence-corrected chi connectivity index (χ2v) is 4.11. The highest BCUT2D eigenvalue weighted by Gasteiger charge is 2.03. The van der Waals surface area contributed by atoms with E-state index in [-0.39, 0.29) is 6.10 Å². The van der Waals surface area contributed by atoms with Gasteiger partial charge in [-0.1, -0.05) is 26.7 Å². The summed E-state index contributed by atoms with van der Waals surface area (Å²) < 4.78 is 4.92. The minimum atomic E-state index is -0.117. The van der Waals surface area contributed by atoms with Gasteiger partial charge < -0.3 is 9.84 Å². The van der Waals surface area contributed by atoms with Gasteiger partial charge in [0, 0.05) is 13.7 Å². The molecule has 0 aromatic heterocycles. The van der Waals surface area contributed by atoms with Crippen molar-refractivity contribution in [3.05, 3.63) is 0 Å². The van der Waals surface area contributed by atoms with Crippen LogP contribution in [0.4, 0.5) is 0 Å². The molecule has 1 atom stereocenters. The highest BCUT2D eigenvalue weighted by molar-refractivity contribution is 4.57. The topological polar surface area (TPSA) is 29.5 Å². The molecule has 2 heteroatoms. The van der Waals surface area contributed by atoms with Crippen LogP contribution in [-0.2, 0) is 4.74 Å². The highest BCUT2D eigenvalue weighted by atomic mass is 16.5. The maximum Gasteiger partial charge on any atom is 0.0541 e. The molecule has 0 aliphatic rings. The predicted molar refractivity (Wildman–Crippen MR) is 55.8 cm³/mol. The van der Waals surface area contributed by atoms with E-state index in [1.165, 1.54) is 6.42 Å². The summed E-state index contributed by atoms with van der Waals surface area (Å²) in [4.78, 5) is 0. The fourth-order valence-electron chi connectivity index (χ4n) is 1.37. The van der Waals surface area contributed by atoms with Crippen LogP contribution >= 0.6 is 0 Å². The summed E-state index contributed by atoms with van der Waals surface area (Å²) in [5, 5.41) is 9.53. The number of methoxy groups -OCH3 is 1. The maximum absolute atomic E-state index is 9.53. The Labute approximate surface area is 82.3 Å². The number of hydrogen-bond donors (Lipinski definition) is 1. The molecule has 0 aliphatic heterocycles. The quantitative estimate of drug-likeness (QED) is 0.593. The Kier molecular flexibility index (Phi) is 8.46. The molecule has 0 amide bonds. The fraction of sp³-hybridized carbons (Fsp3) is 1.00. The molecule has 0 aromatic rings. The van der Waals surface area contributed by atoms with E-state index in [1.807, 2.05) is 0 Å². The molecular formula is C11H24O2. The van der Waals surface area contributed by atoms with Gasteiger partial charge in [0.05, 0.1) is 6.10 Å². The van der Waals surface area contributed by atoms with Crippen molar-refractivity contribution in [3.8, 4) is 0 Å². The first-order valence-corrected chi connectivity index (χ1v) is 5.33. The second-order valence-electron chi connectivity index (χ2n) is 4.11. The largest absolute Gasteiger partial charge is 0.393 e. The van der Waals surface area contributed by atoms with Crippen molar-refractivity contribution in [3.63, 3.8) is 0 Å². The van der Waals surface area contributed by atoms with Crippen LogP contribution in [-0.4, -0.2) is 24.9 Å². The third kappa shape index (κ3) is 9.84. The van der Waals surface area contributed by atoms with Crippen molar-refractivity contribution in [1.29, 1.82) is 0 Å². The summed E-state index contributed by atoms with van der Waals surface area (Å²) >= 11 is 0. The van der Waals surface area contributed by atoms with Gasteiger partial charge in [-0.05, 0) is 25.2 Å². The van der Waals surface area contributed by atoms with Gasteiger partial charge in [-0.2, -0.15) is 0 Å². The molecule has 0 rings (SSSR count). The lowest BCUT2D eigenvalue weighted by Gasteiger charge is -2.10. The van der Waals surface area contributed by atoms with Gasteiger partial charge in [0.15, 0.2) is 0 Å². The van der Waals surface area contributed by atoms with E-state index in [1.54, 1.807) is 7.11 Å². The van der Waals surface area contributed by atoms with Gasteiger partial charge in [0.1, 0.15) is 0 Å². The first-order chi connectivity index (χ1) is 6.16. The Morgan fingerprint density at radius 1 is 1.08 bits per heavy atom. The van der Waals surface area contributed by atoms with Gasteiger partial charge in [-0.15, -0.1) is 0 Å². The molecular weight excluding hydrogens is 164 g/mol. The van der Waals surface area contributed by atoms with Gasteiger partial charge in [-0.25, -0.2) is 0 Å². The van der Waals surface area contributed by atoms with Crippen LogP contribution in [0.25, 0.3) is 0 Å². The van der Waals surface area contributed by atoms with E-state index < -0.39 is 0 Å². The Balaban J connectivity index is 3.15. The molecule has 0 saturated heterocycles. The lowest BCUT2D eigenvalue weighted by atomic mass is 10.0. The normalized spacial score (nSPS) is 13.6. The third-order valence-electron chi connectivity index (χ3n) is 2.20. The van der Waals surface area contributed by atoms with Crippen LogP contribution < -0.4 is 0 Å². The van der Waals surface area contributed by atoms with Crippen molar-refractivity contribution >= 4 is 0 Å². The summed E-state index contributed by atoms with van der Waals surface area (Å²) in [6.07, 6.45) is 5.05. The molecule has 0 radical (unpaired) electrons. The average molecular weight is 188 g/mol. The number of aliphatic hydroxyl groups excluding tert-OH is 1. The number of rotatable bonds is 8. The summed E-state index contributed by atoms with van der Waals surface area (Å²) in [6, 6.07) is 0. The van der Waals surface area contributed by atoms with E-state index in [2.05, 4.69) is 13.8 Å². The molecule has 80 valence electrons. The van der Waals surface area contributed by atoms with Crippen molar-refractivity contribution in [2.75, 3.05) is 13.7 Å². The van der Waals surface area contributed by atoms with Crippen LogP contribution in [0.1, 0.15) is 46.0 Å². The van der Waals surface area contributed by atoms with Crippen LogP contribution in [0.15, 0.2) is 0 Å². The lowest BCUT2D eigenvalue weighted by Crippen LogP contribution is -2.08. The Hall–Kier alpha value is -0.0800. The zero-order valence-corrected chi connectivity index (χ0v) is 9.25. The van der Waals surface area contributed by atoms with E-state index in [0.29, 0.717) is 0 Å². The monoisotopic (exact) mass is 188 g/mol. The van der Waals surface area contributed by atoms with Crippen LogP contribution in [0, 0.1) is 5.92 Å². The zero-order chi connectivity index (χ0) is 10.1. The summed E-state index contributed by atoms with van der Waals surface area (Å²) in [5.74, 6) is 0.756. The van der Waals surface area contributed by atoms with Crippen LogP contribution in [0.5, 0.6) is 0 Å². The molecule has 0 spiro atoms. The molecule has 0 saturated carbocycles. The van der Waals surface area contributed by atoms with E-state index in [0.717, 1.165) is 38.2 Å². The van der Waals surface area contributed by atoms with Crippen LogP contribution in [0.3, 0.4) is 0 Å². The van der Waals surface area contributed by atoms with Crippen molar-refractivity contribution in [2.24, 2.45) is 5.92 Å². The van der Waals surface area contributed by atoms with Gasteiger partial charge in [-0.3, -0.25) is 0 Å². The SMILES string of the molecule is COCCCC(O)CCCC(C)C. The third-order valence-corrected chi connectivity index (χ3v) is 2.20. The molecule has 0 fully saturated rings. The first kappa shape index (κ1) is 12.9. The van der Waals surface area contributed by atoms with Crippen molar-refractivity contribution in [2.45, 2.75) is 52.1 Å². The summed E-state index contributed by atoms with van der Waals surface area (Å²) in [5.41, 5.74) is 0. The first-order valence-electron chi connectivity index (χ1n) is 5.33. The van der Waals surface area contributed by atoms with Gasteiger partial charge >= 0.3 is 0 Å². The smallest absolute Gasteiger partial charge is 0.0541 e.